The van der Waals surface area contributed by atoms with Crippen LogP contribution in [0.2, 0.25) is 0 Å². The van der Waals surface area contributed by atoms with Crippen LogP contribution in [0, 0.1) is 0 Å². The van der Waals surface area contributed by atoms with Crippen molar-refractivity contribution in [3.05, 3.63) is 103 Å². The van der Waals surface area contributed by atoms with Crippen LogP contribution >= 0.6 is 0 Å². The molecule has 0 aliphatic carbocycles. The van der Waals surface area contributed by atoms with Crippen molar-refractivity contribution in [1.29, 1.82) is 0 Å². The first-order chi connectivity index (χ1) is 14.5. The minimum atomic E-state index is 0.113. The molecule has 1 nitrogen and oxygen atoms in total. The molecule has 0 unspecified atom stereocenters. The van der Waals surface area contributed by atoms with E-state index >= 15 is 0 Å². The van der Waals surface area contributed by atoms with Crippen LogP contribution in [0.1, 0.15) is 26.3 Å². The van der Waals surface area contributed by atoms with E-state index in [-0.39, 0.29) is 5.41 Å². The molecule has 0 atom stereocenters. The second-order valence-corrected chi connectivity index (χ2v) is 8.95. The number of rotatable bonds is 2. The zero-order chi connectivity index (χ0) is 20.7. The van der Waals surface area contributed by atoms with E-state index in [9.17, 15) is 0 Å². The fourth-order valence-electron chi connectivity index (χ4n) is 4.17. The molecule has 30 heavy (non-hydrogen) atoms. The molecule has 0 spiro atoms. The minimum Gasteiger partial charge on any atom is -0.256 e. The molecule has 0 amide bonds. The van der Waals surface area contributed by atoms with Crippen molar-refractivity contribution in [2.75, 3.05) is 0 Å². The summed E-state index contributed by atoms with van der Waals surface area (Å²) in [6.45, 7) is 6.71. The Morgan fingerprint density at radius 2 is 1.23 bits per heavy atom. The molecule has 5 aromatic rings. The molecule has 0 saturated carbocycles. The van der Waals surface area contributed by atoms with Crippen molar-refractivity contribution in [1.82, 2.24) is 4.98 Å². The van der Waals surface area contributed by atoms with Gasteiger partial charge in [0.05, 0.1) is 5.69 Å². The van der Waals surface area contributed by atoms with Crippen LogP contribution in [0.25, 0.3) is 43.9 Å². The van der Waals surface area contributed by atoms with Gasteiger partial charge in [0.15, 0.2) is 0 Å². The van der Waals surface area contributed by atoms with Gasteiger partial charge in [-0.1, -0.05) is 93.6 Å². The predicted octanol–water partition coefficient (Wildman–Crippen LogP) is 8.02. The van der Waals surface area contributed by atoms with E-state index < -0.39 is 0 Å². The summed E-state index contributed by atoms with van der Waals surface area (Å²) < 4.78 is 0. The first-order valence-corrected chi connectivity index (χ1v) is 10.5. The molecule has 1 heteroatoms. The summed E-state index contributed by atoms with van der Waals surface area (Å²) in [7, 11) is 0. The molecule has 0 saturated heterocycles. The first-order valence-electron chi connectivity index (χ1n) is 10.5. The van der Waals surface area contributed by atoms with Gasteiger partial charge in [0, 0.05) is 11.8 Å². The number of hydrogen-bond acceptors (Lipinski definition) is 1. The minimum absolute atomic E-state index is 0.113. The van der Waals surface area contributed by atoms with Gasteiger partial charge < -0.3 is 0 Å². The van der Waals surface area contributed by atoms with E-state index in [2.05, 4.69) is 117 Å². The van der Waals surface area contributed by atoms with Crippen LogP contribution in [0.5, 0.6) is 0 Å². The molecule has 0 N–H and O–H groups in total. The third-order valence-electron chi connectivity index (χ3n) is 5.89. The maximum atomic E-state index is 4.62. The lowest BCUT2D eigenvalue weighted by Crippen LogP contribution is -2.11. The third-order valence-corrected chi connectivity index (χ3v) is 5.89. The van der Waals surface area contributed by atoms with Crippen LogP contribution in [0.4, 0.5) is 0 Å². The maximum Gasteiger partial charge on any atom is 0.0704 e. The molecular weight excluding hydrogens is 362 g/mol. The van der Waals surface area contributed by atoms with E-state index in [1.54, 1.807) is 0 Å². The molecular formula is C29H25N. The fraction of sp³-hybridized carbons (Fsp3) is 0.138. The van der Waals surface area contributed by atoms with Crippen molar-refractivity contribution >= 4 is 21.5 Å². The molecule has 0 aliphatic rings. The van der Waals surface area contributed by atoms with Crippen molar-refractivity contribution in [2.24, 2.45) is 0 Å². The van der Waals surface area contributed by atoms with Crippen LogP contribution in [-0.2, 0) is 5.41 Å². The van der Waals surface area contributed by atoms with Crippen molar-refractivity contribution in [2.45, 2.75) is 26.2 Å². The summed E-state index contributed by atoms with van der Waals surface area (Å²) in [5.41, 5.74) is 6.09. The summed E-state index contributed by atoms with van der Waals surface area (Å²) in [5, 5.41) is 5.16. The number of fused-ring (bicyclic) bond motifs is 3. The van der Waals surface area contributed by atoms with E-state index in [1.807, 2.05) is 6.20 Å². The van der Waals surface area contributed by atoms with Gasteiger partial charge in [-0.2, -0.15) is 0 Å². The van der Waals surface area contributed by atoms with Gasteiger partial charge in [0.25, 0.3) is 0 Å². The zero-order valence-corrected chi connectivity index (χ0v) is 17.7. The number of nitrogens with zero attached hydrogens (tertiary/aromatic N) is 1. The number of hydrogen-bond donors (Lipinski definition) is 0. The summed E-state index contributed by atoms with van der Waals surface area (Å²) in [6, 6.07) is 32.8. The molecule has 1 aromatic heterocycles. The topological polar surface area (TPSA) is 12.9 Å². The van der Waals surface area contributed by atoms with Crippen molar-refractivity contribution in [3.8, 4) is 22.4 Å². The second-order valence-electron chi connectivity index (χ2n) is 8.95. The monoisotopic (exact) mass is 387 g/mol. The molecule has 5 rings (SSSR count). The largest absolute Gasteiger partial charge is 0.256 e. The maximum absolute atomic E-state index is 4.62. The number of aromatic nitrogens is 1. The number of pyridine rings is 1. The average Bonchev–Trinajstić information content (AvgIpc) is 2.78. The summed E-state index contributed by atoms with van der Waals surface area (Å²) >= 11 is 0. The number of benzene rings is 4. The molecule has 0 radical (unpaired) electrons. The average molecular weight is 388 g/mol. The van der Waals surface area contributed by atoms with E-state index in [0.717, 1.165) is 11.3 Å². The standard InChI is InChI=1S/C29H25N/c1-29(2,3)23-16-17-30-28(19-23)21-14-12-20(13-15-21)27-18-22-8-4-5-9-24(22)25-10-6-7-11-26(25)27/h4-19H,1-3H3. The predicted molar refractivity (Wildman–Crippen MR) is 129 cm³/mol. The third kappa shape index (κ3) is 3.27. The van der Waals surface area contributed by atoms with E-state index in [4.69, 9.17) is 0 Å². The van der Waals surface area contributed by atoms with Gasteiger partial charge in [0.2, 0.25) is 0 Å². The molecule has 1 heterocycles. The highest BCUT2D eigenvalue weighted by molar-refractivity contribution is 6.13. The molecule has 0 aliphatic heterocycles. The Hall–Kier alpha value is -3.45. The van der Waals surface area contributed by atoms with Gasteiger partial charge in [-0.05, 0) is 61.8 Å². The van der Waals surface area contributed by atoms with Gasteiger partial charge in [0.1, 0.15) is 0 Å². The summed E-state index contributed by atoms with van der Waals surface area (Å²) in [4.78, 5) is 4.62. The first kappa shape index (κ1) is 18.6. The lowest BCUT2D eigenvalue weighted by molar-refractivity contribution is 0.589. The SMILES string of the molecule is CC(C)(C)c1ccnc(-c2ccc(-c3cc4ccccc4c4ccccc34)cc2)c1. The highest BCUT2D eigenvalue weighted by Gasteiger charge is 2.15. The smallest absolute Gasteiger partial charge is 0.0704 e. The van der Waals surface area contributed by atoms with Crippen molar-refractivity contribution < 1.29 is 0 Å². The van der Waals surface area contributed by atoms with Crippen LogP contribution < -0.4 is 0 Å². The Kier molecular flexibility index (Phi) is 4.40. The van der Waals surface area contributed by atoms with Gasteiger partial charge in [-0.25, -0.2) is 0 Å². The molecule has 146 valence electrons. The Labute approximate surface area is 178 Å². The van der Waals surface area contributed by atoms with Gasteiger partial charge in [-0.15, -0.1) is 0 Å². The van der Waals surface area contributed by atoms with Crippen LogP contribution in [0.3, 0.4) is 0 Å². The highest BCUT2D eigenvalue weighted by atomic mass is 14.7. The van der Waals surface area contributed by atoms with E-state index in [0.29, 0.717) is 0 Å². The fourth-order valence-corrected chi connectivity index (χ4v) is 4.17. The second kappa shape index (κ2) is 7.11. The normalized spacial score (nSPS) is 11.8. The lowest BCUT2D eigenvalue weighted by atomic mass is 9.87. The molecule has 0 bridgehead atoms. The molecule has 0 fully saturated rings. The Morgan fingerprint density at radius 3 is 1.97 bits per heavy atom. The van der Waals surface area contributed by atoms with E-state index in [1.165, 1.54) is 38.2 Å². The summed E-state index contributed by atoms with van der Waals surface area (Å²) in [6.07, 6.45) is 1.92. The summed E-state index contributed by atoms with van der Waals surface area (Å²) in [5.74, 6) is 0. The van der Waals surface area contributed by atoms with Crippen LogP contribution in [0.15, 0.2) is 97.2 Å². The molecule has 4 aromatic carbocycles. The van der Waals surface area contributed by atoms with Crippen LogP contribution in [-0.4, -0.2) is 4.98 Å². The zero-order valence-electron chi connectivity index (χ0n) is 17.7. The quantitative estimate of drug-likeness (QED) is 0.279. The van der Waals surface area contributed by atoms with Crippen molar-refractivity contribution in [3.63, 3.8) is 0 Å². The Morgan fingerprint density at radius 1 is 0.600 bits per heavy atom. The Bertz CT molecular complexity index is 1360. The highest BCUT2D eigenvalue weighted by Crippen LogP contribution is 2.35. The van der Waals surface area contributed by atoms with Gasteiger partial charge in [-0.3, -0.25) is 4.98 Å². The Balaban J connectivity index is 1.62. The lowest BCUT2D eigenvalue weighted by Gasteiger charge is -2.19. The van der Waals surface area contributed by atoms with Gasteiger partial charge >= 0.3 is 0 Å².